The minimum absolute atomic E-state index is 0.0481. The van der Waals surface area contributed by atoms with Crippen LogP contribution in [-0.4, -0.2) is 45.7 Å². The molecule has 0 bridgehead atoms. The summed E-state index contributed by atoms with van der Waals surface area (Å²) >= 11 is 0. The molecule has 12 nitrogen and oxygen atoms in total. The van der Waals surface area contributed by atoms with Crippen molar-refractivity contribution in [3.05, 3.63) is 202 Å². The molecule has 0 aliphatic heterocycles. The number of hydrogen-bond acceptors (Lipinski definition) is 8. The number of hydrogen-bond donors (Lipinski definition) is 2. The highest BCUT2D eigenvalue weighted by Gasteiger charge is 2.18. The summed E-state index contributed by atoms with van der Waals surface area (Å²) in [6.07, 6.45) is 11.8. The average Bonchev–Trinajstić information content (AvgIpc) is 3.20. The first-order valence-electron chi connectivity index (χ1n) is 15.9. The number of aromatic nitrogens is 2. The molecule has 0 spiro atoms. The van der Waals surface area contributed by atoms with Crippen LogP contribution in [0.15, 0.2) is 146 Å². The van der Waals surface area contributed by atoms with E-state index in [-0.39, 0.29) is 44.5 Å². The van der Waals surface area contributed by atoms with E-state index < -0.39 is 35.4 Å². The van der Waals surface area contributed by atoms with Gasteiger partial charge in [0.25, 0.3) is 0 Å². The van der Waals surface area contributed by atoms with Crippen molar-refractivity contribution in [3.8, 4) is 0 Å². The molecule has 0 amide bonds. The Morgan fingerprint density at radius 1 is 0.407 bits per heavy atom. The summed E-state index contributed by atoms with van der Waals surface area (Å²) in [6.45, 7) is 0. The van der Waals surface area contributed by atoms with Crippen molar-refractivity contribution >= 4 is 47.6 Å². The van der Waals surface area contributed by atoms with E-state index in [0.29, 0.717) is 0 Å². The number of H-pyrrole nitrogens is 2. The zero-order chi connectivity index (χ0) is 39.0. The number of rotatable bonds is 10. The number of carboxylic acid groups (broad SMARTS) is 4. The van der Waals surface area contributed by atoms with Gasteiger partial charge in [0, 0.05) is 46.5 Å². The fourth-order valence-electron chi connectivity index (χ4n) is 4.78. The predicted octanol–water partition coefficient (Wildman–Crippen LogP) is 3.44. The lowest BCUT2D eigenvalue weighted by atomic mass is 9.98. The maximum atomic E-state index is 12.2. The summed E-state index contributed by atoms with van der Waals surface area (Å²) in [6, 6.07) is 30.1. The van der Waals surface area contributed by atoms with Gasteiger partial charge in [-0.05, 0) is 34.4 Å². The highest BCUT2D eigenvalue weighted by molar-refractivity contribution is 6.15. The second-order valence-corrected chi connectivity index (χ2v) is 11.1. The van der Waals surface area contributed by atoms with Crippen LogP contribution in [0.4, 0.5) is 0 Å². The minimum atomic E-state index is -1.34. The van der Waals surface area contributed by atoms with E-state index in [1.165, 1.54) is 96.1 Å². The lowest BCUT2D eigenvalue weighted by Gasteiger charge is -2.06. The van der Waals surface area contributed by atoms with E-state index in [1.54, 1.807) is 12.1 Å². The number of carbonyl (C=O) groups excluding carboxylic acids is 4. The Bertz CT molecular complexity index is 2140. The number of ketones is 2. The van der Waals surface area contributed by atoms with Crippen LogP contribution in [-0.2, 0) is 0 Å². The standard InChI is InChI=1S/2C15H10O5.C12H10N2/c2*16-13(9-5-7-10(8-6-9)14(17)18)11-3-1-2-4-12(11)15(19)20;1(11-3-7-13-8-4-11)2-12-5-9-14-10-6-12/h2*1-8H,(H,17,18)(H,19,20);1-10H/b;;2-1+. The van der Waals surface area contributed by atoms with Crippen molar-refractivity contribution in [1.29, 1.82) is 0 Å². The third-order valence-corrected chi connectivity index (χ3v) is 7.53. The van der Waals surface area contributed by atoms with Crippen LogP contribution in [0, 0.1) is 0 Å². The number of aromatic carboxylic acids is 4. The van der Waals surface area contributed by atoms with Crippen molar-refractivity contribution in [2.75, 3.05) is 0 Å². The van der Waals surface area contributed by atoms with E-state index in [2.05, 4.69) is 22.1 Å². The lowest BCUT2D eigenvalue weighted by Crippen LogP contribution is -2.22. The quantitative estimate of drug-likeness (QED) is 0.196. The van der Waals surface area contributed by atoms with Gasteiger partial charge in [0.05, 0.1) is 23.1 Å². The molecule has 0 aliphatic carbocycles. The molecule has 6 aromatic rings. The van der Waals surface area contributed by atoms with Gasteiger partial charge in [0.15, 0.2) is 36.4 Å². The van der Waals surface area contributed by atoms with Gasteiger partial charge >= 0.3 is 11.9 Å². The van der Waals surface area contributed by atoms with Crippen LogP contribution in [0.1, 0.15) is 84.4 Å². The Balaban J connectivity index is 0.000000184. The van der Waals surface area contributed by atoms with Gasteiger partial charge in [0.1, 0.15) is 0 Å². The summed E-state index contributed by atoms with van der Waals surface area (Å²) in [7, 11) is 0. The Morgan fingerprint density at radius 2 is 0.685 bits per heavy atom. The smallest absolute Gasteiger partial charge is 0.336 e. The molecule has 4 N–H and O–H groups in total. The number of carboxylic acids is 4. The molecule has 0 atom stereocenters. The van der Waals surface area contributed by atoms with Gasteiger partial charge in [-0.15, -0.1) is 0 Å². The second kappa shape index (κ2) is 18.9. The van der Waals surface area contributed by atoms with Crippen molar-refractivity contribution < 1.29 is 59.2 Å². The molecule has 12 heteroatoms. The van der Waals surface area contributed by atoms with E-state index in [1.807, 2.05) is 49.1 Å². The largest absolute Gasteiger partial charge is 0.545 e. The summed E-state index contributed by atoms with van der Waals surface area (Å²) in [5, 5.41) is 39.3. The maximum absolute atomic E-state index is 12.2. The molecule has 0 aliphatic rings. The first-order chi connectivity index (χ1) is 26.0. The van der Waals surface area contributed by atoms with Gasteiger partial charge in [-0.1, -0.05) is 97.1 Å². The van der Waals surface area contributed by atoms with Crippen LogP contribution in [0.5, 0.6) is 0 Å². The van der Waals surface area contributed by atoms with Gasteiger partial charge in [-0.25, -0.2) is 19.6 Å². The molecular formula is C42H30N2O10. The summed E-state index contributed by atoms with van der Waals surface area (Å²) in [5.74, 6) is -6.02. The highest BCUT2D eigenvalue weighted by atomic mass is 16.4. The Morgan fingerprint density at radius 3 is 0.963 bits per heavy atom. The fourth-order valence-corrected chi connectivity index (χ4v) is 4.78. The third kappa shape index (κ3) is 10.8. The fraction of sp³-hybridized carbons (Fsp3) is 0. The molecule has 54 heavy (non-hydrogen) atoms. The number of benzene rings is 4. The van der Waals surface area contributed by atoms with Crippen molar-refractivity contribution in [1.82, 2.24) is 0 Å². The number of pyridine rings is 2. The van der Waals surface area contributed by atoms with Crippen molar-refractivity contribution in [2.45, 2.75) is 0 Å². The summed E-state index contributed by atoms with van der Waals surface area (Å²) in [5.41, 5.74) is 2.63. The molecule has 268 valence electrons. The lowest BCUT2D eigenvalue weighted by molar-refractivity contribution is -0.378. The van der Waals surface area contributed by atoms with Crippen LogP contribution < -0.4 is 20.2 Å². The molecule has 0 saturated carbocycles. The molecular weight excluding hydrogens is 692 g/mol. The summed E-state index contributed by atoms with van der Waals surface area (Å²) in [4.78, 5) is 73.8. The normalized spacial score (nSPS) is 10.1. The number of aromatic amines is 2. The van der Waals surface area contributed by atoms with E-state index in [4.69, 9.17) is 10.2 Å². The van der Waals surface area contributed by atoms with Crippen molar-refractivity contribution in [2.24, 2.45) is 0 Å². The zero-order valence-corrected chi connectivity index (χ0v) is 28.2. The molecule has 4 aromatic carbocycles. The van der Waals surface area contributed by atoms with E-state index >= 15 is 0 Å². The predicted molar refractivity (Wildman–Crippen MR) is 190 cm³/mol. The number of nitrogens with one attached hydrogen (secondary N) is 2. The third-order valence-electron chi connectivity index (χ3n) is 7.53. The van der Waals surface area contributed by atoms with E-state index in [0.717, 1.165) is 0 Å². The van der Waals surface area contributed by atoms with Gasteiger partial charge in [-0.2, -0.15) is 0 Å². The second-order valence-electron chi connectivity index (χ2n) is 11.1. The van der Waals surface area contributed by atoms with Gasteiger partial charge in [0.2, 0.25) is 0 Å². The Hall–Kier alpha value is -7.86. The topological polar surface area (TPSA) is 217 Å². The molecule has 0 unspecified atom stereocenters. The first-order valence-corrected chi connectivity index (χ1v) is 15.9. The van der Waals surface area contributed by atoms with Crippen LogP contribution in [0.25, 0.3) is 12.2 Å². The molecule has 6 rings (SSSR count). The SMILES string of the molecule is C(=C\c1cc[nH+]cc1)/c1cc[nH+]cc1.O=C([O-])c1ccc(C(=O)c2ccccc2C(=O)O)cc1.O=C([O-])c1ccc(C(=O)c2ccccc2C(=O)O)cc1. The maximum Gasteiger partial charge on any atom is 0.336 e. The minimum Gasteiger partial charge on any atom is -0.545 e. The van der Waals surface area contributed by atoms with Crippen LogP contribution in [0.2, 0.25) is 0 Å². The van der Waals surface area contributed by atoms with Gasteiger partial charge in [-0.3, -0.25) is 9.59 Å². The molecule has 2 heterocycles. The molecule has 0 fully saturated rings. The zero-order valence-electron chi connectivity index (χ0n) is 28.2. The van der Waals surface area contributed by atoms with E-state index in [9.17, 15) is 39.0 Å². The summed E-state index contributed by atoms with van der Waals surface area (Å²) < 4.78 is 0. The Labute approximate surface area is 308 Å². The van der Waals surface area contributed by atoms with Crippen molar-refractivity contribution in [3.63, 3.8) is 0 Å². The first kappa shape index (κ1) is 38.9. The molecule has 2 aromatic heterocycles. The Kier molecular flexibility index (Phi) is 13.7. The highest BCUT2D eigenvalue weighted by Crippen LogP contribution is 2.17. The van der Waals surface area contributed by atoms with Gasteiger partial charge < -0.3 is 30.0 Å². The molecule has 0 saturated heterocycles. The average molecular weight is 723 g/mol. The monoisotopic (exact) mass is 722 g/mol. The van der Waals surface area contributed by atoms with Crippen LogP contribution in [0.3, 0.4) is 0 Å². The number of carbonyl (C=O) groups is 6. The molecule has 0 radical (unpaired) electrons. The van der Waals surface area contributed by atoms with Crippen LogP contribution >= 0.6 is 0 Å².